The fraction of sp³-hybridized carbons (Fsp3) is 0.188. The molecule has 0 aliphatic rings. The van der Waals surface area contributed by atoms with Crippen molar-refractivity contribution in [2.24, 2.45) is 0 Å². The van der Waals surface area contributed by atoms with E-state index in [1.165, 1.54) is 12.1 Å². The van der Waals surface area contributed by atoms with E-state index in [4.69, 9.17) is 4.74 Å². The summed E-state index contributed by atoms with van der Waals surface area (Å²) in [7, 11) is 1.63. The number of carbonyl (C=O) groups excluding carboxylic acids is 1. The Kier molecular flexibility index (Phi) is 5.29. The molecule has 0 aliphatic carbocycles. The smallest absolute Gasteiger partial charge is 0.243 e. The van der Waals surface area contributed by atoms with Crippen molar-refractivity contribution in [1.82, 2.24) is 0 Å². The summed E-state index contributed by atoms with van der Waals surface area (Å²) in [5, 5.41) is 5.64. The van der Waals surface area contributed by atoms with Gasteiger partial charge in [-0.2, -0.15) is 0 Å². The van der Waals surface area contributed by atoms with Gasteiger partial charge in [0.15, 0.2) is 0 Å². The van der Waals surface area contributed by atoms with Gasteiger partial charge in [0, 0.05) is 18.5 Å². The van der Waals surface area contributed by atoms with Crippen molar-refractivity contribution in [3.63, 3.8) is 0 Å². The van der Waals surface area contributed by atoms with Crippen LogP contribution in [0.15, 0.2) is 48.5 Å². The lowest BCUT2D eigenvalue weighted by Crippen LogP contribution is -2.21. The first-order valence-electron chi connectivity index (χ1n) is 6.54. The van der Waals surface area contributed by atoms with Gasteiger partial charge < -0.3 is 15.4 Å². The topological polar surface area (TPSA) is 50.4 Å². The third-order valence-corrected chi connectivity index (χ3v) is 2.80. The van der Waals surface area contributed by atoms with Gasteiger partial charge in [-0.1, -0.05) is 18.2 Å². The Bertz CT molecular complexity index is 617. The normalized spacial score (nSPS) is 10.2. The predicted molar refractivity (Wildman–Crippen MR) is 80.7 cm³/mol. The first-order valence-corrected chi connectivity index (χ1v) is 6.54. The van der Waals surface area contributed by atoms with Gasteiger partial charge in [-0.25, -0.2) is 4.39 Å². The summed E-state index contributed by atoms with van der Waals surface area (Å²) in [4.78, 5) is 11.8. The van der Waals surface area contributed by atoms with Crippen LogP contribution in [0.2, 0.25) is 0 Å². The summed E-state index contributed by atoms with van der Waals surface area (Å²) in [5.41, 5.74) is 2.29. The fourth-order valence-electron chi connectivity index (χ4n) is 1.89. The van der Waals surface area contributed by atoms with Gasteiger partial charge in [-0.3, -0.25) is 4.79 Å². The third kappa shape index (κ3) is 4.89. The molecule has 0 heterocycles. The average molecular weight is 288 g/mol. The van der Waals surface area contributed by atoms with Gasteiger partial charge in [0.2, 0.25) is 5.91 Å². The van der Waals surface area contributed by atoms with Crippen molar-refractivity contribution in [2.75, 3.05) is 24.3 Å². The number of halogens is 1. The zero-order valence-corrected chi connectivity index (χ0v) is 11.7. The highest BCUT2D eigenvalue weighted by Gasteiger charge is 2.03. The van der Waals surface area contributed by atoms with E-state index in [-0.39, 0.29) is 18.3 Å². The standard InChI is InChI=1S/C16H17FN2O2/c1-21-11-12-4-2-6-14(8-12)18-10-16(20)19-15-7-3-5-13(17)9-15/h2-9,18H,10-11H2,1H3,(H,19,20). The number of ether oxygens (including phenoxy) is 1. The van der Waals surface area contributed by atoms with Crippen LogP contribution < -0.4 is 10.6 Å². The SMILES string of the molecule is COCc1cccc(NCC(=O)Nc2cccc(F)c2)c1. The number of methoxy groups -OCH3 is 1. The van der Waals surface area contributed by atoms with E-state index in [1.54, 1.807) is 19.2 Å². The number of rotatable bonds is 6. The number of hydrogen-bond donors (Lipinski definition) is 2. The maximum absolute atomic E-state index is 13.0. The van der Waals surface area contributed by atoms with E-state index in [1.807, 2.05) is 24.3 Å². The lowest BCUT2D eigenvalue weighted by Gasteiger charge is -2.09. The van der Waals surface area contributed by atoms with Crippen molar-refractivity contribution in [1.29, 1.82) is 0 Å². The molecule has 5 heteroatoms. The van der Waals surface area contributed by atoms with Crippen molar-refractivity contribution in [2.45, 2.75) is 6.61 Å². The van der Waals surface area contributed by atoms with E-state index in [2.05, 4.69) is 10.6 Å². The second kappa shape index (κ2) is 7.40. The summed E-state index contributed by atoms with van der Waals surface area (Å²) >= 11 is 0. The van der Waals surface area contributed by atoms with E-state index in [9.17, 15) is 9.18 Å². The predicted octanol–water partition coefficient (Wildman–Crippen LogP) is 3.02. The molecule has 4 nitrogen and oxygen atoms in total. The first kappa shape index (κ1) is 15.0. The van der Waals surface area contributed by atoms with Crippen LogP contribution in [0, 0.1) is 5.82 Å². The maximum Gasteiger partial charge on any atom is 0.243 e. The zero-order valence-electron chi connectivity index (χ0n) is 11.7. The second-order valence-electron chi connectivity index (χ2n) is 4.55. The molecular weight excluding hydrogens is 271 g/mol. The Labute approximate surface area is 122 Å². The van der Waals surface area contributed by atoms with Crippen LogP contribution in [0.1, 0.15) is 5.56 Å². The molecule has 2 rings (SSSR count). The number of hydrogen-bond acceptors (Lipinski definition) is 3. The van der Waals surface area contributed by atoms with Gasteiger partial charge >= 0.3 is 0 Å². The summed E-state index contributed by atoms with van der Waals surface area (Å²) in [6.45, 7) is 0.623. The van der Waals surface area contributed by atoms with Crippen molar-refractivity contribution in [3.05, 3.63) is 59.9 Å². The number of amides is 1. The fourth-order valence-corrected chi connectivity index (χ4v) is 1.89. The molecule has 0 fully saturated rings. The van der Waals surface area contributed by atoms with Crippen LogP contribution in [0.4, 0.5) is 15.8 Å². The lowest BCUT2D eigenvalue weighted by molar-refractivity contribution is -0.114. The van der Waals surface area contributed by atoms with E-state index >= 15 is 0 Å². The van der Waals surface area contributed by atoms with Crippen LogP contribution in [0.5, 0.6) is 0 Å². The minimum Gasteiger partial charge on any atom is -0.380 e. The average Bonchev–Trinajstić information content (AvgIpc) is 2.46. The monoisotopic (exact) mass is 288 g/mol. The van der Waals surface area contributed by atoms with Crippen LogP contribution in [-0.4, -0.2) is 19.6 Å². The Morgan fingerprint density at radius 3 is 2.67 bits per heavy atom. The van der Waals surface area contributed by atoms with E-state index in [0.29, 0.717) is 12.3 Å². The van der Waals surface area contributed by atoms with Crippen LogP contribution in [0.3, 0.4) is 0 Å². The molecule has 2 N–H and O–H groups in total. The molecule has 2 aromatic rings. The Morgan fingerprint density at radius 2 is 1.90 bits per heavy atom. The summed E-state index contributed by atoms with van der Waals surface area (Å²) < 4.78 is 18.1. The maximum atomic E-state index is 13.0. The van der Waals surface area contributed by atoms with Crippen molar-refractivity contribution >= 4 is 17.3 Å². The van der Waals surface area contributed by atoms with Crippen LogP contribution in [-0.2, 0) is 16.1 Å². The minimum absolute atomic E-state index is 0.104. The van der Waals surface area contributed by atoms with Crippen LogP contribution in [0.25, 0.3) is 0 Å². The van der Waals surface area contributed by atoms with Crippen molar-refractivity contribution < 1.29 is 13.9 Å². The molecule has 0 radical (unpaired) electrons. The molecule has 0 atom stereocenters. The highest BCUT2D eigenvalue weighted by molar-refractivity contribution is 5.93. The highest BCUT2D eigenvalue weighted by Crippen LogP contribution is 2.12. The molecule has 0 unspecified atom stereocenters. The molecule has 2 aromatic carbocycles. The molecule has 0 saturated heterocycles. The van der Waals surface area contributed by atoms with Gasteiger partial charge in [0.05, 0.1) is 13.2 Å². The number of carbonyl (C=O) groups is 1. The lowest BCUT2D eigenvalue weighted by atomic mass is 10.2. The van der Waals surface area contributed by atoms with Gasteiger partial charge in [-0.15, -0.1) is 0 Å². The summed E-state index contributed by atoms with van der Waals surface area (Å²) in [5.74, 6) is -0.620. The minimum atomic E-state index is -0.381. The van der Waals surface area contributed by atoms with Crippen LogP contribution >= 0.6 is 0 Å². The number of nitrogens with one attached hydrogen (secondary N) is 2. The largest absolute Gasteiger partial charge is 0.380 e. The first-order chi connectivity index (χ1) is 10.2. The molecule has 0 bridgehead atoms. The van der Waals surface area contributed by atoms with Gasteiger partial charge in [0.25, 0.3) is 0 Å². The number of benzene rings is 2. The molecule has 0 saturated carbocycles. The molecule has 0 aromatic heterocycles. The Balaban J connectivity index is 1.87. The molecule has 0 spiro atoms. The quantitative estimate of drug-likeness (QED) is 0.859. The molecule has 1 amide bonds. The summed E-state index contributed by atoms with van der Waals surface area (Å²) in [6.07, 6.45) is 0. The molecular formula is C16H17FN2O2. The van der Waals surface area contributed by atoms with Gasteiger partial charge in [0.1, 0.15) is 5.82 Å². The molecule has 21 heavy (non-hydrogen) atoms. The third-order valence-electron chi connectivity index (χ3n) is 2.80. The van der Waals surface area contributed by atoms with Gasteiger partial charge in [-0.05, 0) is 35.9 Å². The van der Waals surface area contributed by atoms with E-state index < -0.39 is 0 Å². The Hall–Kier alpha value is -2.40. The van der Waals surface area contributed by atoms with E-state index in [0.717, 1.165) is 11.3 Å². The van der Waals surface area contributed by atoms with Crippen molar-refractivity contribution in [3.8, 4) is 0 Å². The molecule has 110 valence electrons. The highest BCUT2D eigenvalue weighted by atomic mass is 19.1. The second-order valence-corrected chi connectivity index (χ2v) is 4.55. The number of anilines is 2. The molecule has 0 aliphatic heterocycles. The Morgan fingerprint density at radius 1 is 1.14 bits per heavy atom. The summed E-state index contributed by atoms with van der Waals surface area (Å²) in [6, 6.07) is 13.4. The zero-order chi connectivity index (χ0) is 15.1.